The van der Waals surface area contributed by atoms with E-state index in [2.05, 4.69) is 147 Å². The molecule has 5 heteroatoms. The summed E-state index contributed by atoms with van der Waals surface area (Å²) in [6.45, 7) is 0. The van der Waals surface area contributed by atoms with E-state index in [0.717, 1.165) is 93.5 Å². The summed E-state index contributed by atoms with van der Waals surface area (Å²) >= 11 is 0. The summed E-state index contributed by atoms with van der Waals surface area (Å²) in [6.07, 6.45) is 0. The molecule has 0 aliphatic heterocycles. The van der Waals surface area contributed by atoms with E-state index in [1.165, 1.54) is 0 Å². The summed E-state index contributed by atoms with van der Waals surface area (Å²) in [7, 11) is 0. The number of para-hydroxylation sites is 9. The summed E-state index contributed by atoms with van der Waals surface area (Å²) in [5.41, 5.74) is 10.9. The van der Waals surface area contributed by atoms with Gasteiger partial charge in [-0.1, -0.05) is 176 Å². The van der Waals surface area contributed by atoms with Crippen LogP contribution in [0.25, 0.3) is 132 Å². The zero-order chi connectivity index (χ0) is 52.8. The molecule has 0 amide bonds. The monoisotopic (exact) mass is 899 g/mol. The van der Waals surface area contributed by atoms with Crippen LogP contribution < -0.4 is 0 Å². The smallest absolute Gasteiger partial charge is 0.140 e. The minimum Gasteiger partial charge on any atom is -0.309 e. The normalized spacial score (nSPS) is 13.6. The quantitative estimate of drug-likeness (QED) is 0.164. The van der Waals surface area contributed by atoms with Gasteiger partial charge in [0.05, 0.1) is 72.2 Å². The first kappa shape index (κ1) is 31.5. The standard InChI is InChI=1S/C65H41N5/c1-2-20-42(21-3-1)68-57-34-13-10-28-50(57)52-30-18-31-53(65(52)68)51-29-19-39-62(69-58-35-14-6-24-46(58)47-25-7-15-36-59(47)69)64(51)54-40-43(67-55-32-11-4-22-44(55)45-23-5-12-33-56(45)67)41-63(66-54)70-60-37-16-8-26-48(60)49-27-9-17-38-61(49)70/h1-41H/i4D,5D,11D,12D,22D,23D,32D,33D. The number of pyridine rings is 1. The second kappa shape index (κ2) is 15.0. The Balaban J connectivity index is 1.17. The predicted molar refractivity (Wildman–Crippen MR) is 292 cm³/mol. The van der Waals surface area contributed by atoms with Crippen molar-refractivity contribution < 1.29 is 11.0 Å². The third kappa shape index (κ3) is 5.51. The average molecular weight is 900 g/mol. The van der Waals surface area contributed by atoms with Crippen LogP contribution in [0.4, 0.5) is 0 Å². The number of rotatable bonds is 6. The van der Waals surface area contributed by atoms with Gasteiger partial charge in [-0.15, -0.1) is 0 Å². The van der Waals surface area contributed by atoms with E-state index < -0.39 is 36.3 Å². The molecule has 0 saturated carbocycles. The molecule has 0 fully saturated rings. The Morgan fingerprint density at radius 3 is 1.36 bits per heavy atom. The second-order valence-corrected chi connectivity index (χ2v) is 17.7. The lowest BCUT2D eigenvalue weighted by atomic mass is 9.93. The largest absolute Gasteiger partial charge is 0.309 e. The minimum absolute atomic E-state index is 0.00781. The van der Waals surface area contributed by atoms with E-state index in [9.17, 15) is 5.48 Å². The Morgan fingerprint density at radius 1 is 0.314 bits per heavy atom. The number of benzene rings is 10. The summed E-state index contributed by atoms with van der Waals surface area (Å²) in [5, 5.41) is 6.25. The second-order valence-electron chi connectivity index (χ2n) is 17.7. The van der Waals surface area contributed by atoms with Crippen LogP contribution in [0.2, 0.25) is 0 Å². The van der Waals surface area contributed by atoms with E-state index >= 15 is 0 Å². The maximum Gasteiger partial charge on any atom is 0.140 e. The van der Waals surface area contributed by atoms with E-state index in [1.54, 1.807) is 4.57 Å². The van der Waals surface area contributed by atoms with Crippen molar-refractivity contribution in [2.24, 2.45) is 0 Å². The summed E-state index contributed by atoms with van der Waals surface area (Å²) < 4.78 is 82.1. The van der Waals surface area contributed by atoms with Gasteiger partial charge in [0.25, 0.3) is 0 Å². The molecule has 10 aromatic carbocycles. The maximum atomic E-state index is 9.61. The Morgan fingerprint density at radius 2 is 0.771 bits per heavy atom. The molecule has 0 aliphatic rings. The zero-order valence-corrected chi connectivity index (χ0v) is 37.3. The van der Waals surface area contributed by atoms with E-state index in [1.807, 2.05) is 66.7 Å². The van der Waals surface area contributed by atoms with Crippen molar-refractivity contribution >= 4 is 87.2 Å². The minimum atomic E-state index is -0.507. The van der Waals surface area contributed by atoms with Gasteiger partial charge < -0.3 is 13.7 Å². The molecule has 0 saturated heterocycles. The molecule has 5 heterocycles. The Bertz CT molecular complexity index is 4900. The first-order valence-corrected chi connectivity index (χ1v) is 23.3. The number of fused-ring (bicyclic) bond motifs is 12. The fourth-order valence-electron chi connectivity index (χ4n) is 11.2. The highest BCUT2D eigenvalue weighted by Crippen LogP contribution is 2.46. The molecule has 5 aromatic heterocycles. The number of aromatic nitrogens is 5. The van der Waals surface area contributed by atoms with Gasteiger partial charge in [-0.25, -0.2) is 4.98 Å². The third-order valence-electron chi connectivity index (χ3n) is 14.0. The van der Waals surface area contributed by atoms with E-state index in [-0.39, 0.29) is 33.9 Å². The van der Waals surface area contributed by atoms with Crippen molar-refractivity contribution in [1.82, 2.24) is 23.3 Å². The lowest BCUT2D eigenvalue weighted by Crippen LogP contribution is -2.06. The Labute approximate surface area is 413 Å². The molecule has 0 atom stereocenters. The molecule has 15 aromatic rings. The first-order valence-electron chi connectivity index (χ1n) is 27.3. The molecule has 0 bridgehead atoms. The van der Waals surface area contributed by atoms with Crippen molar-refractivity contribution in [3.8, 4) is 45.3 Å². The lowest BCUT2D eigenvalue weighted by molar-refractivity contribution is 1.06. The molecule has 70 heavy (non-hydrogen) atoms. The molecule has 0 aliphatic carbocycles. The van der Waals surface area contributed by atoms with Gasteiger partial charge in [-0.2, -0.15) is 0 Å². The molecule has 0 N–H and O–H groups in total. The van der Waals surface area contributed by atoms with Gasteiger partial charge in [0.15, 0.2) is 0 Å². The van der Waals surface area contributed by atoms with Crippen molar-refractivity contribution in [2.75, 3.05) is 0 Å². The summed E-state index contributed by atoms with van der Waals surface area (Å²) in [4.78, 5) is 5.81. The van der Waals surface area contributed by atoms with Crippen LogP contribution in [0, 0.1) is 0 Å². The molecule has 0 unspecified atom stereocenters. The van der Waals surface area contributed by atoms with Gasteiger partial charge in [-0.3, -0.25) is 4.57 Å². The SMILES string of the molecule is [2H]c1c([2H])c([2H])c2c(c1[2H])c1c([2H])c([2H])c([2H])c([2H])c1n2-c1cc(-c2c(-c3cccc4c5ccccc5n(-c5ccccc5)c34)cccc2-n2c3ccccc3c3ccccc32)nc(-n2c3ccccc3c3ccccc32)c1. The van der Waals surface area contributed by atoms with Gasteiger partial charge in [0.1, 0.15) is 5.82 Å². The van der Waals surface area contributed by atoms with Crippen LogP contribution in [0.3, 0.4) is 0 Å². The fraction of sp³-hybridized carbons (Fsp3) is 0. The van der Waals surface area contributed by atoms with E-state index in [0.29, 0.717) is 17.2 Å². The number of hydrogen-bond acceptors (Lipinski definition) is 1. The Hall–Kier alpha value is -9.45. The number of nitrogens with zero attached hydrogens (tertiary/aromatic N) is 5. The molecular weight excluding hydrogens is 851 g/mol. The molecular formula is C65H41N5. The highest BCUT2D eigenvalue weighted by molar-refractivity contribution is 6.16. The van der Waals surface area contributed by atoms with Gasteiger partial charge >= 0.3 is 0 Å². The third-order valence-corrected chi connectivity index (χ3v) is 14.0. The highest BCUT2D eigenvalue weighted by atomic mass is 15.1. The van der Waals surface area contributed by atoms with Crippen LogP contribution in [-0.2, 0) is 0 Å². The zero-order valence-electron chi connectivity index (χ0n) is 45.3. The molecule has 0 spiro atoms. The van der Waals surface area contributed by atoms with Gasteiger partial charge in [0, 0.05) is 66.0 Å². The van der Waals surface area contributed by atoms with Gasteiger partial charge in [-0.05, 0) is 72.2 Å². The molecule has 0 radical (unpaired) electrons. The van der Waals surface area contributed by atoms with Crippen LogP contribution in [0.5, 0.6) is 0 Å². The number of hydrogen-bond donors (Lipinski definition) is 0. The maximum absolute atomic E-state index is 9.61. The fourth-order valence-corrected chi connectivity index (χ4v) is 11.2. The first-order chi connectivity index (χ1) is 38.1. The van der Waals surface area contributed by atoms with Crippen molar-refractivity contribution in [1.29, 1.82) is 0 Å². The lowest BCUT2D eigenvalue weighted by Gasteiger charge is -2.21. The van der Waals surface area contributed by atoms with Crippen molar-refractivity contribution in [3.05, 3.63) is 249 Å². The molecule has 15 rings (SSSR count). The summed E-state index contributed by atoms with van der Waals surface area (Å²) in [5.74, 6) is 0.469. The Kier molecular flexibility index (Phi) is 6.76. The molecule has 5 nitrogen and oxygen atoms in total. The summed E-state index contributed by atoms with van der Waals surface area (Å²) in [6, 6.07) is 64.8. The molecule has 326 valence electrons. The van der Waals surface area contributed by atoms with Crippen LogP contribution in [0.1, 0.15) is 11.0 Å². The predicted octanol–water partition coefficient (Wildman–Crippen LogP) is 16.8. The van der Waals surface area contributed by atoms with Crippen molar-refractivity contribution in [2.45, 2.75) is 0 Å². The van der Waals surface area contributed by atoms with Crippen molar-refractivity contribution in [3.63, 3.8) is 0 Å². The average Bonchev–Trinajstić information content (AvgIpc) is 4.31. The highest BCUT2D eigenvalue weighted by Gasteiger charge is 2.26. The van der Waals surface area contributed by atoms with Crippen LogP contribution in [0.15, 0.2) is 249 Å². The van der Waals surface area contributed by atoms with Crippen LogP contribution >= 0.6 is 0 Å². The van der Waals surface area contributed by atoms with E-state index in [4.69, 9.17) is 10.5 Å². The topological polar surface area (TPSA) is 32.6 Å². The van der Waals surface area contributed by atoms with Gasteiger partial charge in [0.2, 0.25) is 0 Å². The van der Waals surface area contributed by atoms with Crippen LogP contribution in [-0.4, -0.2) is 23.3 Å².